The zero-order valence-electron chi connectivity index (χ0n) is 12.4. The number of nitrogens with one attached hydrogen (secondary N) is 1. The topological polar surface area (TPSA) is 38.3 Å². The summed E-state index contributed by atoms with van der Waals surface area (Å²) in [5, 5.41) is 2.75. The van der Waals surface area contributed by atoms with Crippen molar-refractivity contribution in [1.29, 1.82) is 0 Å². The Labute approximate surface area is 130 Å². The van der Waals surface area contributed by atoms with Crippen molar-refractivity contribution < 1.29 is 9.53 Å². The molecular formula is C15H21NO2S2. The lowest BCUT2D eigenvalue weighted by molar-refractivity contribution is 0.0528. The molecule has 1 aromatic rings. The summed E-state index contributed by atoms with van der Waals surface area (Å²) in [6, 6.07) is 8.10. The van der Waals surface area contributed by atoms with E-state index in [4.69, 9.17) is 17.0 Å². The second-order valence-electron chi connectivity index (χ2n) is 5.37. The third kappa shape index (κ3) is 6.39. The van der Waals surface area contributed by atoms with E-state index in [0.717, 1.165) is 21.7 Å². The monoisotopic (exact) mass is 311 g/mol. The Hall–Kier alpha value is -1.07. The lowest BCUT2D eigenvalue weighted by atomic mass is 10.1. The second-order valence-corrected chi connectivity index (χ2v) is 6.85. The molecule has 0 atom stereocenters. The molecule has 0 aromatic heterocycles. The highest BCUT2D eigenvalue weighted by Gasteiger charge is 2.15. The molecule has 5 heteroatoms. The molecule has 0 heterocycles. The molecule has 0 saturated heterocycles. The summed E-state index contributed by atoms with van der Waals surface area (Å²) in [7, 11) is 0. The Morgan fingerprint density at radius 1 is 1.30 bits per heavy atom. The smallest absolute Gasteiger partial charge is 0.407 e. The molecule has 1 amide bonds. The van der Waals surface area contributed by atoms with Gasteiger partial charge in [0.2, 0.25) is 0 Å². The number of hydrogen-bond donors (Lipinski definition) is 1. The molecule has 0 aliphatic heterocycles. The van der Waals surface area contributed by atoms with Gasteiger partial charge < -0.3 is 10.1 Å². The minimum Gasteiger partial charge on any atom is -0.444 e. The molecule has 1 aromatic carbocycles. The fourth-order valence-corrected chi connectivity index (χ4v) is 2.06. The van der Waals surface area contributed by atoms with E-state index in [1.54, 1.807) is 11.8 Å². The van der Waals surface area contributed by atoms with Gasteiger partial charge in [0.15, 0.2) is 0 Å². The Morgan fingerprint density at radius 2 is 1.90 bits per heavy atom. The third-order valence-electron chi connectivity index (χ3n) is 2.46. The summed E-state index contributed by atoms with van der Waals surface area (Å²) < 4.78 is 6.06. The van der Waals surface area contributed by atoms with Crippen LogP contribution < -0.4 is 5.32 Å². The molecule has 0 aliphatic rings. The molecule has 3 nitrogen and oxygen atoms in total. The predicted molar refractivity (Wildman–Crippen MR) is 89.6 cm³/mol. The highest BCUT2D eigenvalue weighted by molar-refractivity contribution is 8.23. The largest absolute Gasteiger partial charge is 0.444 e. The first-order valence-corrected chi connectivity index (χ1v) is 8.09. The number of alkyl carbamates (subject to hydrolysis) is 1. The second kappa shape index (κ2) is 7.64. The summed E-state index contributed by atoms with van der Waals surface area (Å²) in [5.74, 6) is 0. The molecule has 0 unspecified atom stereocenters. The van der Waals surface area contributed by atoms with E-state index in [1.807, 2.05) is 51.3 Å². The third-order valence-corrected chi connectivity index (χ3v) is 3.80. The molecule has 0 radical (unpaired) electrons. The van der Waals surface area contributed by atoms with Crippen LogP contribution in [0.1, 0.15) is 31.9 Å². The quantitative estimate of drug-likeness (QED) is 0.859. The highest BCUT2D eigenvalue weighted by atomic mass is 32.2. The van der Waals surface area contributed by atoms with Crippen LogP contribution >= 0.6 is 24.0 Å². The van der Waals surface area contributed by atoms with Crippen LogP contribution in [-0.2, 0) is 11.2 Å². The number of thioether (sulfide) groups is 1. The summed E-state index contributed by atoms with van der Waals surface area (Å²) in [5.41, 5.74) is 1.77. The molecule has 110 valence electrons. The number of hydrogen-bond acceptors (Lipinski definition) is 4. The molecule has 1 N–H and O–H groups in total. The predicted octanol–water partition coefficient (Wildman–Crippen LogP) is 3.79. The van der Waals surface area contributed by atoms with Gasteiger partial charge in [-0.3, -0.25) is 0 Å². The van der Waals surface area contributed by atoms with E-state index in [0.29, 0.717) is 6.54 Å². The lowest BCUT2D eigenvalue weighted by Gasteiger charge is -2.19. The Morgan fingerprint density at radius 3 is 2.40 bits per heavy atom. The van der Waals surface area contributed by atoms with Crippen molar-refractivity contribution in [1.82, 2.24) is 5.32 Å². The van der Waals surface area contributed by atoms with Gasteiger partial charge in [-0.25, -0.2) is 4.79 Å². The number of thiocarbonyl (C=S) groups is 1. The fourth-order valence-electron chi connectivity index (χ4n) is 1.55. The van der Waals surface area contributed by atoms with Crippen LogP contribution in [0, 0.1) is 0 Å². The first-order chi connectivity index (χ1) is 9.31. The Bertz CT molecular complexity index is 464. The van der Waals surface area contributed by atoms with Gasteiger partial charge in [-0.1, -0.05) is 36.5 Å². The maximum absolute atomic E-state index is 11.5. The SMILES string of the molecule is CSC(=S)c1ccc(CCNC(=O)OC(C)(C)C)cc1. The van der Waals surface area contributed by atoms with Crippen LogP contribution in [-0.4, -0.2) is 28.7 Å². The molecule has 0 spiro atoms. The molecule has 0 saturated carbocycles. The summed E-state index contributed by atoms with van der Waals surface area (Å²) in [4.78, 5) is 11.5. The number of benzene rings is 1. The van der Waals surface area contributed by atoms with E-state index in [2.05, 4.69) is 5.32 Å². The summed E-state index contributed by atoms with van der Waals surface area (Å²) in [6.45, 7) is 6.10. The standard InChI is InChI=1S/C15H21NO2S2/c1-15(2,3)18-14(17)16-10-9-11-5-7-12(8-6-11)13(19)20-4/h5-8H,9-10H2,1-4H3,(H,16,17). The van der Waals surface area contributed by atoms with Gasteiger partial charge in [-0.05, 0) is 44.6 Å². The van der Waals surface area contributed by atoms with Crippen molar-refractivity contribution in [3.63, 3.8) is 0 Å². The Balaban J connectivity index is 2.39. The van der Waals surface area contributed by atoms with Gasteiger partial charge >= 0.3 is 6.09 Å². The van der Waals surface area contributed by atoms with E-state index in [9.17, 15) is 4.79 Å². The van der Waals surface area contributed by atoms with Gasteiger partial charge in [-0.15, -0.1) is 11.8 Å². The van der Waals surface area contributed by atoms with E-state index in [1.165, 1.54) is 0 Å². The molecule has 0 aliphatic carbocycles. The minimum atomic E-state index is -0.459. The van der Waals surface area contributed by atoms with Crippen molar-refractivity contribution in [3.05, 3.63) is 35.4 Å². The maximum Gasteiger partial charge on any atom is 0.407 e. The van der Waals surface area contributed by atoms with Crippen LogP contribution in [0.3, 0.4) is 0 Å². The normalized spacial score (nSPS) is 11.0. The lowest BCUT2D eigenvalue weighted by Crippen LogP contribution is -2.33. The Kier molecular flexibility index (Phi) is 6.49. The average Bonchev–Trinajstić information content (AvgIpc) is 2.36. The van der Waals surface area contributed by atoms with E-state index < -0.39 is 5.60 Å². The van der Waals surface area contributed by atoms with Crippen LogP contribution in [0.25, 0.3) is 0 Å². The van der Waals surface area contributed by atoms with Crippen molar-refractivity contribution in [2.24, 2.45) is 0 Å². The number of ether oxygens (including phenoxy) is 1. The first-order valence-electron chi connectivity index (χ1n) is 6.46. The van der Waals surface area contributed by atoms with E-state index >= 15 is 0 Å². The molecule has 0 bridgehead atoms. The van der Waals surface area contributed by atoms with Gasteiger partial charge in [0.05, 0.1) is 4.20 Å². The number of carbonyl (C=O) groups excluding carboxylic acids is 1. The van der Waals surface area contributed by atoms with Crippen molar-refractivity contribution >= 4 is 34.3 Å². The summed E-state index contributed by atoms with van der Waals surface area (Å²) >= 11 is 6.80. The van der Waals surface area contributed by atoms with Crippen molar-refractivity contribution in [2.45, 2.75) is 32.8 Å². The van der Waals surface area contributed by atoms with Crippen LogP contribution in [0.2, 0.25) is 0 Å². The van der Waals surface area contributed by atoms with Gasteiger partial charge in [0.1, 0.15) is 5.60 Å². The molecular weight excluding hydrogens is 290 g/mol. The van der Waals surface area contributed by atoms with Gasteiger partial charge in [-0.2, -0.15) is 0 Å². The van der Waals surface area contributed by atoms with Crippen molar-refractivity contribution in [3.8, 4) is 0 Å². The number of carbonyl (C=O) groups is 1. The number of rotatable bonds is 4. The van der Waals surface area contributed by atoms with Crippen molar-refractivity contribution in [2.75, 3.05) is 12.8 Å². The zero-order valence-corrected chi connectivity index (χ0v) is 14.0. The van der Waals surface area contributed by atoms with Crippen LogP contribution in [0.4, 0.5) is 4.79 Å². The van der Waals surface area contributed by atoms with Crippen LogP contribution in [0.15, 0.2) is 24.3 Å². The first kappa shape index (κ1) is 17.0. The zero-order chi connectivity index (χ0) is 15.2. The molecule has 0 fully saturated rings. The summed E-state index contributed by atoms with van der Waals surface area (Å²) in [6.07, 6.45) is 2.37. The number of amides is 1. The van der Waals surface area contributed by atoms with E-state index in [-0.39, 0.29) is 6.09 Å². The highest BCUT2D eigenvalue weighted by Crippen LogP contribution is 2.12. The maximum atomic E-state index is 11.5. The van der Waals surface area contributed by atoms with Gasteiger partial charge in [0.25, 0.3) is 0 Å². The van der Waals surface area contributed by atoms with Crippen LogP contribution in [0.5, 0.6) is 0 Å². The average molecular weight is 311 g/mol. The van der Waals surface area contributed by atoms with Gasteiger partial charge in [0, 0.05) is 6.54 Å². The minimum absolute atomic E-state index is 0.377. The fraction of sp³-hybridized carbons (Fsp3) is 0.467. The molecule has 1 rings (SSSR count). The molecule has 20 heavy (non-hydrogen) atoms.